The Kier molecular flexibility index (Phi) is 11.3. The summed E-state index contributed by atoms with van der Waals surface area (Å²) in [6, 6.07) is 28.3. The number of aryl methyl sites for hydroxylation is 1. The monoisotopic (exact) mass is 648 g/mol. The van der Waals surface area contributed by atoms with Crippen molar-refractivity contribution in [1.82, 2.24) is 10.6 Å². The highest BCUT2D eigenvalue weighted by atomic mass is 16.7. The molecule has 5 aromatic carbocycles. The van der Waals surface area contributed by atoms with Crippen LogP contribution in [-0.4, -0.2) is 49.6 Å². The van der Waals surface area contributed by atoms with E-state index in [0.29, 0.717) is 18.7 Å². The number of phenolic OH excluding ortho intramolecular Hbond substituents is 1. The summed E-state index contributed by atoms with van der Waals surface area (Å²) in [5.74, 6) is -0.173. The fourth-order valence-corrected chi connectivity index (χ4v) is 6.10. The highest BCUT2D eigenvalue weighted by molar-refractivity contribution is 6.13. The zero-order chi connectivity index (χ0) is 34.2. The zero-order valence-corrected chi connectivity index (χ0v) is 28.2. The molecule has 1 amide bonds. The molecule has 250 valence electrons. The molecule has 8 nitrogen and oxygen atoms in total. The molecule has 5 rings (SSSR count). The van der Waals surface area contributed by atoms with Crippen molar-refractivity contribution in [2.24, 2.45) is 5.92 Å². The lowest BCUT2D eigenvalue weighted by Gasteiger charge is -2.25. The van der Waals surface area contributed by atoms with Gasteiger partial charge in [-0.25, -0.2) is 4.79 Å². The highest BCUT2D eigenvalue weighted by Gasteiger charge is 2.29. The standard InChI is InChI=1S/C40H44N2O6/c1-6-47-40(45)37(25(2)3)42-39(44)35(21-27-15-17-31(43)18-16-27)41-23-30-19-26(4)20-34(38(30)48-24-46-5)36-32-13-9-7-11-28(32)22-29-12-8-10-14-33(29)36/h7-20,22,25,35,37,41,43H,6,21,23-24H2,1-5H3,(H,42,44). The number of methoxy groups -OCH3 is 1. The van der Waals surface area contributed by atoms with Crippen molar-refractivity contribution < 1.29 is 28.9 Å². The molecule has 48 heavy (non-hydrogen) atoms. The van der Waals surface area contributed by atoms with Crippen LogP contribution in [0.15, 0.2) is 91.0 Å². The molecule has 8 heteroatoms. The van der Waals surface area contributed by atoms with Crippen LogP contribution >= 0.6 is 0 Å². The molecule has 0 bridgehead atoms. The Labute approximate surface area is 282 Å². The summed E-state index contributed by atoms with van der Waals surface area (Å²) >= 11 is 0. The number of phenols is 1. The van der Waals surface area contributed by atoms with Gasteiger partial charge in [-0.15, -0.1) is 0 Å². The van der Waals surface area contributed by atoms with Crippen LogP contribution in [0.5, 0.6) is 11.5 Å². The maximum atomic E-state index is 13.9. The lowest BCUT2D eigenvalue weighted by atomic mass is 9.89. The molecule has 0 heterocycles. The second kappa shape index (κ2) is 15.8. The number of rotatable bonds is 14. The molecule has 5 aromatic rings. The number of ether oxygens (including phenoxy) is 3. The number of hydrogen-bond acceptors (Lipinski definition) is 7. The van der Waals surface area contributed by atoms with Crippen LogP contribution < -0.4 is 15.4 Å². The normalized spacial score (nSPS) is 12.6. The minimum absolute atomic E-state index is 0.0405. The molecule has 0 aliphatic rings. The number of aromatic hydroxyl groups is 1. The second-order valence-electron chi connectivity index (χ2n) is 12.3. The molecular formula is C40H44N2O6. The van der Waals surface area contributed by atoms with Gasteiger partial charge in [0.05, 0.1) is 12.6 Å². The lowest BCUT2D eigenvalue weighted by Crippen LogP contribution is -2.53. The Bertz CT molecular complexity index is 1830. The first kappa shape index (κ1) is 34.4. The van der Waals surface area contributed by atoms with Crippen LogP contribution in [0.3, 0.4) is 0 Å². The number of esters is 1. The van der Waals surface area contributed by atoms with Gasteiger partial charge in [0.15, 0.2) is 6.79 Å². The van der Waals surface area contributed by atoms with Crippen LogP contribution in [0.4, 0.5) is 0 Å². The summed E-state index contributed by atoms with van der Waals surface area (Å²) < 4.78 is 17.0. The van der Waals surface area contributed by atoms with Crippen LogP contribution in [0.1, 0.15) is 37.5 Å². The number of benzene rings is 5. The summed E-state index contributed by atoms with van der Waals surface area (Å²) in [6.45, 7) is 8.08. The largest absolute Gasteiger partial charge is 0.508 e. The molecule has 2 atom stereocenters. The number of fused-ring (bicyclic) bond motifs is 2. The van der Waals surface area contributed by atoms with Crippen LogP contribution in [0.2, 0.25) is 0 Å². The third-order valence-corrected chi connectivity index (χ3v) is 8.41. The van der Waals surface area contributed by atoms with E-state index >= 15 is 0 Å². The first-order valence-electron chi connectivity index (χ1n) is 16.3. The van der Waals surface area contributed by atoms with Crippen LogP contribution in [0.25, 0.3) is 32.7 Å². The molecule has 0 aromatic heterocycles. The van der Waals surface area contributed by atoms with Gasteiger partial charge < -0.3 is 30.0 Å². The molecular weight excluding hydrogens is 604 g/mol. The number of carbonyl (C=O) groups excluding carboxylic acids is 2. The Morgan fingerprint density at radius 1 is 0.875 bits per heavy atom. The summed E-state index contributed by atoms with van der Waals surface area (Å²) in [4.78, 5) is 26.6. The van der Waals surface area contributed by atoms with Crippen molar-refractivity contribution in [2.75, 3.05) is 20.5 Å². The predicted molar refractivity (Wildman–Crippen MR) is 190 cm³/mol. The number of hydrogen-bond donors (Lipinski definition) is 3. The molecule has 0 fully saturated rings. The quantitative estimate of drug-likeness (QED) is 0.0673. The Hall–Kier alpha value is -4.92. The molecule has 0 aliphatic carbocycles. The van der Waals surface area contributed by atoms with Gasteiger partial charge in [-0.2, -0.15) is 0 Å². The zero-order valence-electron chi connectivity index (χ0n) is 28.2. The van der Waals surface area contributed by atoms with Gasteiger partial charge in [-0.3, -0.25) is 4.79 Å². The maximum Gasteiger partial charge on any atom is 0.328 e. The van der Waals surface area contributed by atoms with Crippen molar-refractivity contribution in [3.05, 3.63) is 108 Å². The van der Waals surface area contributed by atoms with Crippen LogP contribution in [0, 0.1) is 12.8 Å². The molecule has 0 saturated carbocycles. The smallest absolute Gasteiger partial charge is 0.328 e. The fourth-order valence-electron chi connectivity index (χ4n) is 6.10. The van der Waals surface area contributed by atoms with E-state index in [0.717, 1.165) is 49.4 Å². The van der Waals surface area contributed by atoms with E-state index in [2.05, 4.69) is 53.1 Å². The summed E-state index contributed by atoms with van der Waals surface area (Å²) in [5.41, 5.74) is 4.73. The summed E-state index contributed by atoms with van der Waals surface area (Å²) in [7, 11) is 1.59. The fraction of sp³-hybridized carbons (Fsp3) is 0.300. The van der Waals surface area contributed by atoms with Gasteiger partial charge in [0.2, 0.25) is 5.91 Å². The summed E-state index contributed by atoms with van der Waals surface area (Å²) in [5, 5.41) is 20.7. The average Bonchev–Trinajstić information content (AvgIpc) is 3.07. The SMILES string of the molecule is CCOC(=O)C(NC(=O)C(Cc1ccc(O)cc1)NCc1cc(C)cc(-c2c3ccccc3cc3ccccc23)c1OCOC)C(C)C. The van der Waals surface area contributed by atoms with Crippen molar-refractivity contribution >= 4 is 33.4 Å². The molecule has 0 spiro atoms. The minimum atomic E-state index is -0.799. The van der Waals surface area contributed by atoms with Crippen molar-refractivity contribution in [1.29, 1.82) is 0 Å². The molecule has 2 unspecified atom stereocenters. The van der Waals surface area contributed by atoms with Gasteiger partial charge in [-0.1, -0.05) is 80.6 Å². The first-order valence-corrected chi connectivity index (χ1v) is 16.3. The Morgan fingerprint density at radius 2 is 1.52 bits per heavy atom. The van der Waals surface area contributed by atoms with Gasteiger partial charge in [0.1, 0.15) is 17.5 Å². The van der Waals surface area contributed by atoms with E-state index < -0.39 is 18.1 Å². The van der Waals surface area contributed by atoms with E-state index in [4.69, 9.17) is 14.2 Å². The van der Waals surface area contributed by atoms with Gasteiger partial charge >= 0.3 is 5.97 Å². The summed E-state index contributed by atoms with van der Waals surface area (Å²) in [6.07, 6.45) is 0.320. The Morgan fingerprint density at radius 3 is 2.12 bits per heavy atom. The molecule has 0 radical (unpaired) electrons. The number of nitrogens with one attached hydrogen (secondary N) is 2. The van der Waals surface area contributed by atoms with E-state index in [1.54, 1.807) is 38.3 Å². The molecule has 3 N–H and O–H groups in total. The third kappa shape index (κ3) is 7.95. The van der Waals surface area contributed by atoms with Gasteiger partial charge in [0, 0.05) is 30.3 Å². The molecule has 0 aliphatic heterocycles. The first-order chi connectivity index (χ1) is 23.2. The Balaban J connectivity index is 1.56. The topological polar surface area (TPSA) is 106 Å². The lowest BCUT2D eigenvalue weighted by molar-refractivity contribution is -0.149. The van der Waals surface area contributed by atoms with Crippen molar-refractivity contribution in [3.8, 4) is 22.6 Å². The van der Waals surface area contributed by atoms with Crippen molar-refractivity contribution in [2.45, 2.75) is 52.7 Å². The van der Waals surface area contributed by atoms with E-state index in [-0.39, 0.29) is 31.0 Å². The van der Waals surface area contributed by atoms with E-state index in [1.165, 1.54) is 0 Å². The highest BCUT2D eigenvalue weighted by Crippen LogP contribution is 2.43. The predicted octanol–water partition coefficient (Wildman–Crippen LogP) is 7.06. The minimum Gasteiger partial charge on any atom is -0.508 e. The third-order valence-electron chi connectivity index (χ3n) is 8.41. The number of carbonyl (C=O) groups is 2. The maximum absolute atomic E-state index is 13.9. The van der Waals surface area contributed by atoms with E-state index in [9.17, 15) is 14.7 Å². The second-order valence-corrected chi connectivity index (χ2v) is 12.3. The van der Waals surface area contributed by atoms with Gasteiger partial charge in [-0.05, 0) is 83.1 Å². The van der Waals surface area contributed by atoms with Crippen molar-refractivity contribution in [3.63, 3.8) is 0 Å². The van der Waals surface area contributed by atoms with Gasteiger partial charge in [0.25, 0.3) is 0 Å². The van der Waals surface area contributed by atoms with Crippen LogP contribution in [-0.2, 0) is 32.0 Å². The number of amides is 1. The van der Waals surface area contributed by atoms with E-state index in [1.807, 2.05) is 45.0 Å². The molecule has 0 saturated heterocycles. The average molecular weight is 649 g/mol.